The predicted molar refractivity (Wildman–Crippen MR) is 112 cm³/mol. The van der Waals surface area contributed by atoms with E-state index in [1.54, 1.807) is 36.7 Å². The average molecular weight is 457 g/mol. The minimum Gasteiger partial charge on any atom is -0.355 e. The SMILES string of the molecule is Cl.Cl.O=C(NC1CNCCC1c1ccc(F)c(F)c1)c1cc(-c2ccncc2)on1. The molecule has 3 heterocycles. The molecule has 1 amide bonds. The fourth-order valence-electron chi connectivity index (χ4n) is 3.43. The lowest BCUT2D eigenvalue weighted by atomic mass is 9.86. The Morgan fingerprint density at radius 1 is 1.10 bits per heavy atom. The highest BCUT2D eigenvalue weighted by Gasteiger charge is 2.29. The van der Waals surface area contributed by atoms with Crippen molar-refractivity contribution in [3.63, 3.8) is 0 Å². The fourth-order valence-corrected chi connectivity index (χ4v) is 3.43. The van der Waals surface area contributed by atoms with Crippen LogP contribution in [0.3, 0.4) is 0 Å². The third-order valence-electron chi connectivity index (χ3n) is 4.88. The van der Waals surface area contributed by atoms with Crippen molar-refractivity contribution in [3.05, 3.63) is 71.7 Å². The van der Waals surface area contributed by atoms with Crippen LogP contribution >= 0.6 is 24.8 Å². The summed E-state index contributed by atoms with van der Waals surface area (Å²) in [5.41, 5.74) is 1.57. The Morgan fingerprint density at radius 2 is 1.87 bits per heavy atom. The molecule has 1 saturated heterocycles. The van der Waals surface area contributed by atoms with Gasteiger partial charge in [-0.25, -0.2) is 8.78 Å². The molecule has 4 rings (SSSR count). The first kappa shape index (κ1) is 23.7. The normalized spacial score (nSPS) is 18.1. The molecule has 0 aliphatic carbocycles. The number of amides is 1. The van der Waals surface area contributed by atoms with Crippen LogP contribution in [0, 0.1) is 11.6 Å². The van der Waals surface area contributed by atoms with Gasteiger partial charge in [-0.05, 0) is 42.8 Å². The van der Waals surface area contributed by atoms with Gasteiger partial charge in [0.05, 0.1) is 0 Å². The van der Waals surface area contributed by atoms with Crippen LogP contribution in [0.2, 0.25) is 0 Å². The van der Waals surface area contributed by atoms with Crippen molar-refractivity contribution >= 4 is 30.7 Å². The molecular weight excluding hydrogens is 437 g/mol. The molecule has 0 bridgehead atoms. The van der Waals surface area contributed by atoms with Crippen LogP contribution < -0.4 is 10.6 Å². The van der Waals surface area contributed by atoms with Gasteiger partial charge in [-0.15, -0.1) is 24.8 Å². The van der Waals surface area contributed by atoms with Crippen molar-refractivity contribution in [1.82, 2.24) is 20.8 Å². The van der Waals surface area contributed by atoms with Gasteiger partial charge in [-0.1, -0.05) is 11.2 Å². The monoisotopic (exact) mass is 456 g/mol. The number of nitrogens with zero attached hydrogens (tertiary/aromatic N) is 2. The van der Waals surface area contributed by atoms with Gasteiger partial charge in [-0.3, -0.25) is 9.78 Å². The Morgan fingerprint density at radius 3 is 2.60 bits per heavy atom. The van der Waals surface area contributed by atoms with E-state index in [-0.39, 0.29) is 48.4 Å². The molecular formula is C20H20Cl2F2N4O2. The zero-order valence-corrected chi connectivity index (χ0v) is 17.3. The molecule has 1 aromatic carbocycles. The van der Waals surface area contributed by atoms with Gasteiger partial charge in [0.25, 0.3) is 5.91 Å². The van der Waals surface area contributed by atoms with Gasteiger partial charge >= 0.3 is 0 Å². The molecule has 160 valence electrons. The number of piperidine rings is 1. The molecule has 0 spiro atoms. The second kappa shape index (κ2) is 10.5. The molecule has 10 heteroatoms. The van der Waals surface area contributed by atoms with Gasteiger partial charge in [0.15, 0.2) is 23.1 Å². The Hall–Kier alpha value is -2.55. The van der Waals surface area contributed by atoms with E-state index in [1.807, 2.05) is 0 Å². The standard InChI is InChI=1S/C20H18F2N4O2.2ClH/c21-15-2-1-13(9-16(15)22)14-5-8-24-11-18(14)25-20(27)17-10-19(28-26-17)12-3-6-23-7-4-12;;/h1-4,6-7,9-10,14,18,24H,5,8,11H2,(H,25,27);2*1H. The lowest BCUT2D eigenvalue weighted by Gasteiger charge is -2.33. The van der Waals surface area contributed by atoms with E-state index in [0.717, 1.165) is 18.2 Å². The molecule has 3 aromatic rings. The maximum atomic E-state index is 13.6. The molecule has 6 nitrogen and oxygen atoms in total. The molecule has 1 fully saturated rings. The second-order valence-corrected chi connectivity index (χ2v) is 6.67. The Balaban J connectivity index is 0.00000160. The van der Waals surface area contributed by atoms with Crippen LogP contribution in [0.5, 0.6) is 0 Å². The Labute approximate surface area is 184 Å². The largest absolute Gasteiger partial charge is 0.355 e. The first-order chi connectivity index (χ1) is 13.6. The number of carbonyl (C=O) groups excluding carboxylic acids is 1. The number of carbonyl (C=O) groups is 1. The summed E-state index contributed by atoms with van der Waals surface area (Å²) in [6.07, 6.45) is 3.94. The van der Waals surface area contributed by atoms with E-state index in [2.05, 4.69) is 20.8 Å². The Kier molecular flexibility index (Phi) is 8.28. The zero-order chi connectivity index (χ0) is 19.5. The predicted octanol–water partition coefficient (Wildman–Crippen LogP) is 3.73. The number of halogens is 4. The number of aromatic nitrogens is 2. The lowest BCUT2D eigenvalue weighted by molar-refractivity contribution is 0.0915. The van der Waals surface area contributed by atoms with Crippen molar-refractivity contribution in [3.8, 4) is 11.3 Å². The molecule has 1 aliphatic heterocycles. The van der Waals surface area contributed by atoms with Crippen LogP contribution in [0.25, 0.3) is 11.3 Å². The lowest BCUT2D eigenvalue weighted by Crippen LogP contribution is -2.50. The summed E-state index contributed by atoms with van der Waals surface area (Å²) >= 11 is 0. The molecule has 2 atom stereocenters. The average Bonchev–Trinajstić information content (AvgIpc) is 3.22. The highest BCUT2D eigenvalue weighted by molar-refractivity contribution is 5.93. The maximum absolute atomic E-state index is 13.6. The van der Waals surface area contributed by atoms with Crippen molar-refractivity contribution in [1.29, 1.82) is 0 Å². The van der Waals surface area contributed by atoms with Crippen molar-refractivity contribution in [2.24, 2.45) is 0 Å². The highest BCUT2D eigenvalue weighted by Crippen LogP contribution is 2.27. The van der Waals surface area contributed by atoms with Gasteiger partial charge < -0.3 is 15.2 Å². The number of pyridine rings is 1. The molecule has 2 aromatic heterocycles. The minimum atomic E-state index is -0.889. The smallest absolute Gasteiger partial charge is 0.273 e. The maximum Gasteiger partial charge on any atom is 0.273 e. The van der Waals surface area contributed by atoms with Crippen LogP contribution in [0.15, 0.2) is 53.3 Å². The van der Waals surface area contributed by atoms with E-state index in [9.17, 15) is 13.6 Å². The first-order valence-electron chi connectivity index (χ1n) is 8.95. The van der Waals surface area contributed by atoms with Crippen molar-refractivity contribution < 1.29 is 18.1 Å². The van der Waals surface area contributed by atoms with Crippen LogP contribution in [0.4, 0.5) is 8.78 Å². The summed E-state index contributed by atoms with van der Waals surface area (Å²) in [7, 11) is 0. The summed E-state index contributed by atoms with van der Waals surface area (Å²) in [6, 6.07) is 8.66. The summed E-state index contributed by atoms with van der Waals surface area (Å²) < 4.78 is 32.2. The topological polar surface area (TPSA) is 80.0 Å². The van der Waals surface area contributed by atoms with Gasteiger partial charge in [0.1, 0.15) is 0 Å². The summed E-state index contributed by atoms with van der Waals surface area (Å²) in [6.45, 7) is 1.25. The van der Waals surface area contributed by atoms with E-state index >= 15 is 0 Å². The van der Waals surface area contributed by atoms with Crippen LogP contribution in [0.1, 0.15) is 28.4 Å². The minimum absolute atomic E-state index is 0. The number of hydrogen-bond acceptors (Lipinski definition) is 5. The number of hydrogen-bond donors (Lipinski definition) is 2. The summed E-state index contributed by atoms with van der Waals surface area (Å²) in [5.74, 6) is -1.83. The molecule has 0 radical (unpaired) electrons. The first-order valence-corrected chi connectivity index (χ1v) is 8.95. The molecule has 2 unspecified atom stereocenters. The van der Waals surface area contributed by atoms with Gasteiger partial charge in [0.2, 0.25) is 0 Å². The number of rotatable bonds is 4. The molecule has 2 N–H and O–H groups in total. The van der Waals surface area contributed by atoms with Gasteiger partial charge in [-0.2, -0.15) is 0 Å². The Bertz CT molecular complexity index is 988. The second-order valence-electron chi connectivity index (χ2n) is 6.67. The van der Waals surface area contributed by atoms with E-state index in [4.69, 9.17) is 4.52 Å². The third-order valence-corrected chi connectivity index (χ3v) is 4.88. The molecule has 1 aliphatic rings. The van der Waals surface area contributed by atoms with Crippen molar-refractivity contribution in [2.45, 2.75) is 18.4 Å². The van der Waals surface area contributed by atoms with Crippen molar-refractivity contribution in [2.75, 3.05) is 13.1 Å². The molecule has 30 heavy (non-hydrogen) atoms. The van der Waals surface area contributed by atoms with Crippen LogP contribution in [-0.2, 0) is 0 Å². The van der Waals surface area contributed by atoms with Gasteiger partial charge in [0, 0.05) is 42.5 Å². The third kappa shape index (κ3) is 5.13. The summed E-state index contributed by atoms with van der Waals surface area (Å²) in [5, 5.41) is 9.99. The highest BCUT2D eigenvalue weighted by atomic mass is 35.5. The number of nitrogens with one attached hydrogen (secondary N) is 2. The number of benzene rings is 1. The van der Waals surface area contributed by atoms with E-state index < -0.39 is 11.6 Å². The zero-order valence-electron chi connectivity index (χ0n) is 15.7. The molecule has 0 saturated carbocycles. The van der Waals surface area contributed by atoms with E-state index in [0.29, 0.717) is 24.3 Å². The summed E-state index contributed by atoms with van der Waals surface area (Å²) in [4.78, 5) is 16.6. The fraction of sp³-hybridized carbons (Fsp3) is 0.250. The quantitative estimate of drug-likeness (QED) is 0.624. The van der Waals surface area contributed by atoms with Crippen LogP contribution in [-0.4, -0.2) is 35.2 Å². The van der Waals surface area contributed by atoms with E-state index in [1.165, 1.54) is 6.07 Å².